The van der Waals surface area contributed by atoms with Gasteiger partial charge in [0.15, 0.2) is 0 Å². The Morgan fingerprint density at radius 1 is 1.13 bits per heavy atom. The third-order valence-electron chi connectivity index (χ3n) is 2.86. The Bertz CT molecular complexity index is 280. The second-order valence-corrected chi connectivity index (χ2v) is 4.81. The molecule has 0 fully saturated rings. The topological polar surface area (TPSA) is 38.9 Å². The summed E-state index contributed by atoms with van der Waals surface area (Å²) in [7, 11) is 0. The molecule has 1 heterocycles. The first kappa shape index (κ1) is 12.2. The molecular weight excluding hydrogens is 184 g/mol. The van der Waals surface area contributed by atoms with Crippen LogP contribution in [0.25, 0.3) is 0 Å². The van der Waals surface area contributed by atoms with E-state index in [0.717, 1.165) is 5.56 Å². The number of aromatic nitrogens is 1. The minimum Gasteiger partial charge on any atom is -0.326 e. The molecular formula is C13H22N2. The lowest BCUT2D eigenvalue weighted by atomic mass is 9.82. The zero-order valence-electron chi connectivity index (χ0n) is 10.2. The summed E-state index contributed by atoms with van der Waals surface area (Å²) in [6.07, 6.45) is 1.90. The van der Waals surface area contributed by atoms with Gasteiger partial charge in [0.1, 0.15) is 0 Å². The highest BCUT2D eigenvalue weighted by Crippen LogP contribution is 2.30. The van der Waals surface area contributed by atoms with Crippen LogP contribution < -0.4 is 5.73 Å². The Hall–Kier alpha value is -0.890. The van der Waals surface area contributed by atoms with Crippen LogP contribution >= 0.6 is 0 Å². The van der Waals surface area contributed by atoms with E-state index in [1.807, 2.05) is 6.20 Å². The van der Waals surface area contributed by atoms with E-state index in [2.05, 4.69) is 44.8 Å². The molecule has 0 aliphatic rings. The molecule has 1 rings (SSSR count). The minimum atomic E-state index is 0.539. The van der Waals surface area contributed by atoms with Gasteiger partial charge in [-0.3, -0.25) is 4.98 Å². The molecule has 0 radical (unpaired) electrons. The fourth-order valence-corrected chi connectivity index (χ4v) is 2.21. The van der Waals surface area contributed by atoms with E-state index in [4.69, 9.17) is 5.73 Å². The summed E-state index contributed by atoms with van der Waals surface area (Å²) in [5.41, 5.74) is 7.85. The highest BCUT2D eigenvalue weighted by molar-refractivity contribution is 5.17. The van der Waals surface area contributed by atoms with Crippen LogP contribution in [-0.2, 0) is 6.54 Å². The number of hydrogen-bond donors (Lipinski definition) is 1. The largest absolute Gasteiger partial charge is 0.326 e. The van der Waals surface area contributed by atoms with Crippen LogP contribution in [0.2, 0.25) is 0 Å². The van der Waals surface area contributed by atoms with Crippen molar-refractivity contribution in [3.63, 3.8) is 0 Å². The molecule has 0 saturated carbocycles. The Morgan fingerprint density at radius 3 is 2.07 bits per heavy atom. The standard InChI is InChI=1S/C13H22N2/c1-9(2)13(10(3)4)12-6-5-11(7-14)8-15-12/h5-6,8-10,13H,7,14H2,1-4H3. The number of nitrogens with zero attached hydrogens (tertiary/aromatic N) is 1. The van der Waals surface area contributed by atoms with Gasteiger partial charge in [0.2, 0.25) is 0 Å². The molecule has 0 amide bonds. The summed E-state index contributed by atoms with van der Waals surface area (Å²) < 4.78 is 0. The van der Waals surface area contributed by atoms with E-state index >= 15 is 0 Å². The number of nitrogens with two attached hydrogens (primary N) is 1. The van der Waals surface area contributed by atoms with E-state index in [9.17, 15) is 0 Å². The fraction of sp³-hybridized carbons (Fsp3) is 0.615. The van der Waals surface area contributed by atoms with Gasteiger partial charge in [-0.25, -0.2) is 0 Å². The minimum absolute atomic E-state index is 0.539. The van der Waals surface area contributed by atoms with Gasteiger partial charge in [-0.1, -0.05) is 33.8 Å². The van der Waals surface area contributed by atoms with Crippen molar-refractivity contribution in [2.45, 2.75) is 40.2 Å². The van der Waals surface area contributed by atoms with Crippen molar-refractivity contribution >= 4 is 0 Å². The second kappa shape index (κ2) is 5.26. The summed E-state index contributed by atoms with van der Waals surface area (Å²) in [6.45, 7) is 9.58. The van der Waals surface area contributed by atoms with E-state index in [0.29, 0.717) is 24.3 Å². The molecule has 2 N–H and O–H groups in total. The Labute approximate surface area is 92.9 Å². The van der Waals surface area contributed by atoms with Crippen molar-refractivity contribution < 1.29 is 0 Å². The molecule has 0 spiro atoms. The zero-order chi connectivity index (χ0) is 11.4. The normalized spacial score (nSPS) is 11.7. The molecule has 2 nitrogen and oxygen atoms in total. The molecule has 2 heteroatoms. The van der Waals surface area contributed by atoms with Crippen molar-refractivity contribution in [2.24, 2.45) is 17.6 Å². The maximum Gasteiger partial charge on any atom is 0.0439 e. The van der Waals surface area contributed by atoms with Gasteiger partial charge in [-0.15, -0.1) is 0 Å². The Morgan fingerprint density at radius 2 is 1.73 bits per heavy atom. The maximum atomic E-state index is 5.56. The molecule has 0 saturated heterocycles. The highest BCUT2D eigenvalue weighted by Gasteiger charge is 2.20. The monoisotopic (exact) mass is 206 g/mol. The molecule has 0 aliphatic heterocycles. The lowest BCUT2D eigenvalue weighted by molar-refractivity contribution is 0.380. The third kappa shape index (κ3) is 3.03. The van der Waals surface area contributed by atoms with E-state index in [1.54, 1.807) is 0 Å². The van der Waals surface area contributed by atoms with Gasteiger partial charge in [0.05, 0.1) is 0 Å². The van der Waals surface area contributed by atoms with Crippen molar-refractivity contribution in [2.75, 3.05) is 0 Å². The molecule has 1 aromatic rings. The molecule has 0 atom stereocenters. The van der Waals surface area contributed by atoms with Gasteiger partial charge < -0.3 is 5.73 Å². The van der Waals surface area contributed by atoms with Crippen LogP contribution in [-0.4, -0.2) is 4.98 Å². The van der Waals surface area contributed by atoms with Gasteiger partial charge in [-0.05, 0) is 23.5 Å². The van der Waals surface area contributed by atoms with E-state index in [1.165, 1.54) is 5.69 Å². The quantitative estimate of drug-likeness (QED) is 0.822. The first-order valence-electron chi connectivity index (χ1n) is 5.71. The van der Waals surface area contributed by atoms with Crippen LogP contribution in [0.4, 0.5) is 0 Å². The number of pyridine rings is 1. The SMILES string of the molecule is CC(C)C(c1ccc(CN)cn1)C(C)C. The van der Waals surface area contributed by atoms with Crippen LogP contribution in [0.15, 0.2) is 18.3 Å². The van der Waals surface area contributed by atoms with Gasteiger partial charge >= 0.3 is 0 Å². The van der Waals surface area contributed by atoms with Crippen LogP contribution in [0.1, 0.15) is 44.9 Å². The smallest absolute Gasteiger partial charge is 0.0439 e. The van der Waals surface area contributed by atoms with Crippen molar-refractivity contribution in [3.05, 3.63) is 29.6 Å². The maximum absolute atomic E-state index is 5.56. The number of hydrogen-bond acceptors (Lipinski definition) is 2. The Kier molecular flexibility index (Phi) is 4.28. The predicted molar refractivity (Wildman–Crippen MR) is 64.5 cm³/mol. The summed E-state index contributed by atoms with van der Waals surface area (Å²) in [5, 5.41) is 0. The molecule has 0 aromatic carbocycles. The second-order valence-electron chi connectivity index (χ2n) is 4.81. The summed E-state index contributed by atoms with van der Waals surface area (Å²) >= 11 is 0. The lowest BCUT2D eigenvalue weighted by Crippen LogP contribution is -2.15. The average Bonchev–Trinajstić information content (AvgIpc) is 2.18. The number of rotatable bonds is 4. The van der Waals surface area contributed by atoms with E-state index < -0.39 is 0 Å². The Balaban J connectivity index is 2.92. The van der Waals surface area contributed by atoms with Gasteiger partial charge in [0.25, 0.3) is 0 Å². The lowest BCUT2D eigenvalue weighted by Gasteiger charge is -2.24. The fourth-order valence-electron chi connectivity index (χ4n) is 2.21. The summed E-state index contributed by atoms with van der Waals surface area (Å²) in [5.74, 6) is 1.79. The molecule has 0 unspecified atom stereocenters. The van der Waals surface area contributed by atoms with Crippen molar-refractivity contribution in [1.82, 2.24) is 4.98 Å². The highest BCUT2D eigenvalue weighted by atomic mass is 14.7. The van der Waals surface area contributed by atoms with Gasteiger partial charge in [0, 0.05) is 24.4 Å². The molecule has 0 aliphatic carbocycles. The first-order chi connectivity index (χ1) is 7.06. The van der Waals surface area contributed by atoms with Crippen molar-refractivity contribution in [1.29, 1.82) is 0 Å². The predicted octanol–water partition coefficient (Wildman–Crippen LogP) is 2.94. The summed E-state index contributed by atoms with van der Waals surface area (Å²) in [4.78, 5) is 4.51. The molecule has 84 valence electrons. The van der Waals surface area contributed by atoms with Gasteiger partial charge in [-0.2, -0.15) is 0 Å². The van der Waals surface area contributed by atoms with Crippen LogP contribution in [0, 0.1) is 11.8 Å². The summed E-state index contributed by atoms with van der Waals surface area (Å²) in [6, 6.07) is 4.20. The molecule has 1 aromatic heterocycles. The molecule has 0 bridgehead atoms. The first-order valence-corrected chi connectivity index (χ1v) is 5.71. The van der Waals surface area contributed by atoms with Crippen LogP contribution in [0.5, 0.6) is 0 Å². The van der Waals surface area contributed by atoms with Crippen molar-refractivity contribution in [3.8, 4) is 0 Å². The average molecular weight is 206 g/mol. The molecule has 15 heavy (non-hydrogen) atoms. The van der Waals surface area contributed by atoms with Crippen LogP contribution in [0.3, 0.4) is 0 Å². The zero-order valence-corrected chi connectivity index (χ0v) is 10.2. The van der Waals surface area contributed by atoms with E-state index in [-0.39, 0.29) is 0 Å². The third-order valence-corrected chi connectivity index (χ3v) is 2.86.